The van der Waals surface area contributed by atoms with Crippen LogP contribution in [-0.4, -0.2) is 82.4 Å². The number of aliphatic carboxylic acids is 1. The topological polar surface area (TPSA) is 157 Å². The molecular formula is C22H32N4O6S2. The Bertz CT molecular complexity index is 848. The molecule has 4 atom stereocenters. The predicted molar refractivity (Wildman–Crippen MR) is 133 cm³/mol. The Balaban J connectivity index is 2.13. The molecule has 12 heteroatoms. The number of nitrogens with one attached hydrogen (secondary N) is 4. The summed E-state index contributed by atoms with van der Waals surface area (Å²) >= 11 is 5.63. The summed E-state index contributed by atoms with van der Waals surface area (Å²) in [5, 5.41) is 29.8. The molecule has 10 nitrogen and oxygen atoms in total. The second-order valence-corrected chi connectivity index (χ2v) is 9.36. The van der Waals surface area contributed by atoms with E-state index >= 15 is 0 Å². The van der Waals surface area contributed by atoms with Gasteiger partial charge in [-0.05, 0) is 55.5 Å². The third-order valence-corrected chi connectivity index (χ3v) is 6.44. The smallest absolute Gasteiger partial charge is 0.326 e. The molecule has 3 amide bonds. The SMILES string of the molecule is CSCCC(NC(=O)C(Cc1ccc(O)cc1)NC(=O)C(CS)NC(=O)C1CCCN1)C(=O)O. The fourth-order valence-corrected chi connectivity index (χ4v) is 4.22. The van der Waals surface area contributed by atoms with Crippen molar-refractivity contribution in [2.45, 2.75) is 49.9 Å². The van der Waals surface area contributed by atoms with Gasteiger partial charge in [-0.3, -0.25) is 14.4 Å². The minimum absolute atomic E-state index is 0.0172. The molecule has 0 aliphatic carbocycles. The van der Waals surface area contributed by atoms with Gasteiger partial charge in [-0.2, -0.15) is 24.4 Å². The molecule has 0 radical (unpaired) electrons. The maximum Gasteiger partial charge on any atom is 0.326 e. The number of thioether (sulfide) groups is 1. The van der Waals surface area contributed by atoms with Crippen LogP contribution < -0.4 is 21.3 Å². The maximum absolute atomic E-state index is 13.0. The van der Waals surface area contributed by atoms with Crippen molar-refractivity contribution in [2.24, 2.45) is 0 Å². The lowest BCUT2D eigenvalue weighted by Crippen LogP contribution is -2.58. The van der Waals surface area contributed by atoms with Crippen molar-refractivity contribution >= 4 is 48.1 Å². The van der Waals surface area contributed by atoms with E-state index in [2.05, 4.69) is 33.9 Å². The zero-order valence-electron chi connectivity index (χ0n) is 19.0. The van der Waals surface area contributed by atoms with Crippen LogP contribution in [0.15, 0.2) is 24.3 Å². The Kier molecular flexibility index (Phi) is 11.5. The fourth-order valence-electron chi connectivity index (χ4n) is 3.49. The van der Waals surface area contributed by atoms with Gasteiger partial charge in [0.25, 0.3) is 0 Å². The summed E-state index contributed by atoms with van der Waals surface area (Å²) in [4.78, 5) is 50.0. The molecule has 1 aromatic carbocycles. The molecule has 0 spiro atoms. The first-order valence-electron chi connectivity index (χ1n) is 11.0. The normalized spacial score (nSPS) is 17.9. The van der Waals surface area contributed by atoms with Gasteiger partial charge in [0, 0.05) is 12.2 Å². The molecule has 6 N–H and O–H groups in total. The van der Waals surface area contributed by atoms with Crippen molar-refractivity contribution in [3.05, 3.63) is 29.8 Å². The quantitative estimate of drug-likeness (QED) is 0.181. The number of carboxylic acid groups (broad SMARTS) is 1. The van der Waals surface area contributed by atoms with E-state index in [-0.39, 0.29) is 36.3 Å². The van der Waals surface area contributed by atoms with E-state index in [1.54, 1.807) is 12.1 Å². The van der Waals surface area contributed by atoms with Crippen LogP contribution in [0.3, 0.4) is 0 Å². The van der Waals surface area contributed by atoms with E-state index in [0.29, 0.717) is 17.7 Å². The summed E-state index contributed by atoms with van der Waals surface area (Å²) in [6.45, 7) is 0.728. The minimum atomic E-state index is -1.17. The van der Waals surface area contributed by atoms with E-state index in [4.69, 9.17) is 0 Å². The van der Waals surface area contributed by atoms with Crippen molar-refractivity contribution < 1.29 is 29.4 Å². The van der Waals surface area contributed by atoms with E-state index in [9.17, 15) is 29.4 Å². The van der Waals surface area contributed by atoms with Crippen molar-refractivity contribution in [3.63, 3.8) is 0 Å². The fraction of sp³-hybridized carbons (Fsp3) is 0.545. The van der Waals surface area contributed by atoms with Gasteiger partial charge in [-0.1, -0.05) is 12.1 Å². The minimum Gasteiger partial charge on any atom is -0.508 e. The number of thiol groups is 1. The van der Waals surface area contributed by atoms with Crippen molar-refractivity contribution in [2.75, 3.05) is 24.3 Å². The lowest BCUT2D eigenvalue weighted by atomic mass is 10.0. The molecule has 2 rings (SSSR count). The van der Waals surface area contributed by atoms with E-state index in [1.165, 1.54) is 23.9 Å². The van der Waals surface area contributed by atoms with Crippen molar-refractivity contribution in [1.82, 2.24) is 21.3 Å². The van der Waals surface area contributed by atoms with Crippen molar-refractivity contribution in [3.8, 4) is 5.75 Å². The van der Waals surface area contributed by atoms with E-state index in [0.717, 1.165) is 13.0 Å². The molecule has 188 valence electrons. The summed E-state index contributed by atoms with van der Waals surface area (Å²) in [6.07, 6.45) is 3.66. The number of benzene rings is 1. The second kappa shape index (κ2) is 14.1. The highest BCUT2D eigenvalue weighted by Crippen LogP contribution is 2.12. The third kappa shape index (κ3) is 8.73. The molecule has 4 unspecified atom stereocenters. The number of amides is 3. The van der Waals surface area contributed by atoms with Crippen molar-refractivity contribution in [1.29, 1.82) is 0 Å². The molecule has 0 saturated carbocycles. The van der Waals surface area contributed by atoms with Gasteiger partial charge < -0.3 is 31.5 Å². The van der Waals surface area contributed by atoms with Crippen LogP contribution in [0.1, 0.15) is 24.8 Å². The molecule has 1 heterocycles. The van der Waals surface area contributed by atoms with E-state index in [1.807, 2.05) is 6.26 Å². The number of hydrogen-bond acceptors (Lipinski definition) is 8. The highest BCUT2D eigenvalue weighted by Gasteiger charge is 2.31. The zero-order chi connectivity index (χ0) is 25.1. The summed E-state index contributed by atoms with van der Waals surface area (Å²) in [6, 6.07) is 2.57. The number of phenolic OH excluding ortho intramolecular Hbond substituents is 1. The molecule has 0 aromatic heterocycles. The van der Waals surface area contributed by atoms with Crippen LogP contribution in [0.4, 0.5) is 0 Å². The first-order valence-corrected chi connectivity index (χ1v) is 13.0. The van der Waals surface area contributed by atoms with Crippen LogP contribution in [0.5, 0.6) is 5.75 Å². The van der Waals surface area contributed by atoms with Gasteiger partial charge in [0.05, 0.1) is 6.04 Å². The monoisotopic (exact) mass is 512 g/mol. The van der Waals surface area contributed by atoms with E-state index < -0.39 is 35.9 Å². The molecule has 1 fully saturated rings. The number of carboxylic acids is 1. The zero-order valence-corrected chi connectivity index (χ0v) is 20.7. The van der Waals surface area contributed by atoms with Gasteiger partial charge in [0.1, 0.15) is 23.9 Å². The Labute approximate surface area is 208 Å². The first kappa shape index (κ1) is 27.8. The average Bonchev–Trinajstić information content (AvgIpc) is 3.35. The molecule has 1 aliphatic heterocycles. The summed E-state index contributed by atoms with van der Waals surface area (Å²) in [5.74, 6) is -2.13. The van der Waals surface area contributed by atoms with Crippen LogP contribution in [0, 0.1) is 0 Å². The van der Waals surface area contributed by atoms with Crippen LogP contribution in [-0.2, 0) is 25.6 Å². The number of phenols is 1. The van der Waals surface area contributed by atoms with Gasteiger partial charge in [-0.15, -0.1) is 0 Å². The van der Waals surface area contributed by atoms with Gasteiger partial charge in [-0.25, -0.2) is 4.79 Å². The number of hydrogen-bond donors (Lipinski definition) is 7. The number of aromatic hydroxyl groups is 1. The predicted octanol–water partition coefficient (Wildman–Crippen LogP) is -0.0914. The molecule has 34 heavy (non-hydrogen) atoms. The Morgan fingerprint density at radius 2 is 1.74 bits per heavy atom. The Hall–Kier alpha value is -2.44. The molecule has 1 aromatic rings. The van der Waals surface area contributed by atoms with Crippen LogP contribution in [0.2, 0.25) is 0 Å². The standard InChI is InChI=1S/C22H32N4O6S2/c1-34-10-8-16(22(31)32)24-20(29)17(11-13-4-6-14(27)7-5-13)25-21(30)18(12-33)26-19(28)15-3-2-9-23-15/h4-7,15-18,23,27,33H,2-3,8-12H2,1H3,(H,24,29)(H,25,30)(H,26,28)(H,31,32). The molecule has 0 bridgehead atoms. The maximum atomic E-state index is 13.0. The molecule has 1 saturated heterocycles. The highest BCUT2D eigenvalue weighted by atomic mass is 32.2. The lowest BCUT2D eigenvalue weighted by molar-refractivity contribution is -0.142. The van der Waals surface area contributed by atoms with Crippen LogP contribution >= 0.6 is 24.4 Å². The van der Waals surface area contributed by atoms with Crippen LogP contribution in [0.25, 0.3) is 0 Å². The van der Waals surface area contributed by atoms with Gasteiger partial charge in [0.2, 0.25) is 17.7 Å². The number of carbonyl (C=O) groups is 4. The summed E-state index contributed by atoms with van der Waals surface area (Å²) in [5.41, 5.74) is 0.649. The Morgan fingerprint density at radius 1 is 1.09 bits per heavy atom. The van der Waals surface area contributed by atoms with Gasteiger partial charge in [0.15, 0.2) is 0 Å². The average molecular weight is 513 g/mol. The Morgan fingerprint density at radius 3 is 2.29 bits per heavy atom. The highest BCUT2D eigenvalue weighted by molar-refractivity contribution is 7.98. The first-order chi connectivity index (χ1) is 16.2. The molecular weight excluding hydrogens is 480 g/mol. The largest absolute Gasteiger partial charge is 0.508 e. The second-order valence-electron chi connectivity index (χ2n) is 8.01. The third-order valence-electron chi connectivity index (χ3n) is 5.43. The number of rotatable bonds is 13. The number of carbonyl (C=O) groups excluding carboxylic acids is 3. The summed E-state index contributed by atoms with van der Waals surface area (Å²) in [7, 11) is 0. The lowest BCUT2D eigenvalue weighted by Gasteiger charge is -2.24. The van der Waals surface area contributed by atoms with Gasteiger partial charge >= 0.3 is 5.97 Å². The molecule has 1 aliphatic rings. The summed E-state index contributed by atoms with van der Waals surface area (Å²) < 4.78 is 0.